The second kappa shape index (κ2) is 6.13. The molecule has 0 saturated carbocycles. The Kier molecular flexibility index (Phi) is 4.10. The molecular weight excluding hydrogens is 366 g/mol. The highest BCUT2D eigenvalue weighted by Crippen LogP contribution is 2.42. The Morgan fingerprint density at radius 1 is 0.962 bits per heavy atom. The van der Waals surface area contributed by atoms with Crippen LogP contribution in [0.1, 0.15) is 0 Å². The summed E-state index contributed by atoms with van der Waals surface area (Å²) in [5, 5.41) is 46.0. The van der Waals surface area contributed by atoms with E-state index in [0.717, 1.165) is 18.2 Å². The lowest BCUT2D eigenvalue weighted by atomic mass is 10.2. The number of benzene rings is 2. The van der Waals surface area contributed by atoms with Crippen LogP contribution in [0, 0.1) is 0 Å². The topological polar surface area (TPSA) is 173 Å². The fraction of sp³-hybridized carbons (Fsp3) is 0. The van der Waals surface area contributed by atoms with E-state index in [1.165, 1.54) is 18.3 Å². The molecule has 0 spiro atoms. The Morgan fingerprint density at radius 2 is 1.62 bits per heavy atom. The Balaban J connectivity index is 2.22. The number of hydrogen-bond acceptors (Lipinski definition) is 9. The normalized spacial score (nSPS) is 12.0. The molecule has 26 heavy (non-hydrogen) atoms. The van der Waals surface area contributed by atoms with E-state index in [0.29, 0.717) is 0 Å². The van der Waals surface area contributed by atoms with E-state index in [2.05, 4.69) is 15.2 Å². The molecule has 0 amide bonds. The van der Waals surface area contributed by atoms with Crippen LogP contribution in [0.2, 0.25) is 0 Å². The highest BCUT2D eigenvalue weighted by atomic mass is 32.2. The highest BCUT2D eigenvalue weighted by Gasteiger charge is 2.20. The molecule has 0 aliphatic carbocycles. The zero-order valence-electron chi connectivity index (χ0n) is 12.8. The molecule has 0 unspecified atom stereocenters. The summed E-state index contributed by atoms with van der Waals surface area (Å²) in [5.41, 5.74) is -0.942. The quantitative estimate of drug-likeness (QED) is 0.342. The molecule has 10 nitrogen and oxygen atoms in total. The molecule has 0 aliphatic heterocycles. The Labute approximate surface area is 146 Å². The largest absolute Gasteiger partial charge is 0.508 e. The second-order valence-corrected chi connectivity index (χ2v) is 6.54. The zero-order chi connectivity index (χ0) is 19.1. The van der Waals surface area contributed by atoms with Crippen molar-refractivity contribution in [3.63, 3.8) is 0 Å². The summed E-state index contributed by atoms with van der Waals surface area (Å²) in [7, 11) is -4.66. The number of phenols is 4. The molecule has 2 aromatic carbocycles. The SMILES string of the molecule is O=S(=O)(O)c1cc(N=Nc2c(O)cc(O)cc2O)c(O)c2ncccc12. The van der Waals surface area contributed by atoms with Gasteiger partial charge in [-0.3, -0.25) is 9.54 Å². The standard InChI is InChI=1S/C15H11N3O7S/c19-7-4-10(20)14(11(21)5-7)18-17-9-6-12(26(23,24)25)8-2-1-3-16-13(8)15(9)22/h1-6,19-22H,(H,23,24,25). The van der Waals surface area contributed by atoms with Crippen molar-refractivity contribution in [2.75, 3.05) is 0 Å². The van der Waals surface area contributed by atoms with Crippen molar-refractivity contribution < 1.29 is 33.4 Å². The number of phenolic OH excluding ortho intramolecular Hbond substituents is 4. The maximum Gasteiger partial charge on any atom is 0.295 e. The highest BCUT2D eigenvalue weighted by molar-refractivity contribution is 7.86. The van der Waals surface area contributed by atoms with Gasteiger partial charge in [-0.05, 0) is 18.2 Å². The van der Waals surface area contributed by atoms with Gasteiger partial charge in [-0.15, -0.1) is 10.2 Å². The van der Waals surface area contributed by atoms with Crippen LogP contribution in [-0.2, 0) is 10.1 Å². The molecule has 0 radical (unpaired) electrons. The molecule has 0 aliphatic rings. The van der Waals surface area contributed by atoms with Gasteiger partial charge in [0.15, 0.2) is 22.9 Å². The van der Waals surface area contributed by atoms with Crippen molar-refractivity contribution in [1.29, 1.82) is 0 Å². The lowest BCUT2D eigenvalue weighted by Crippen LogP contribution is -1.99. The first-order chi connectivity index (χ1) is 12.2. The molecule has 0 saturated heterocycles. The minimum Gasteiger partial charge on any atom is -0.508 e. The molecule has 3 rings (SSSR count). The second-order valence-electron chi connectivity index (χ2n) is 5.15. The predicted octanol–water partition coefficient (Wildman–Crippen LogP) is 2.72. The average Bonchev–Trinajstić information content (AvgIpc) is 2.54. The fourth-order valence-corrected chi connectivity index (χ4v) is 2.97. The lowest BCUT2D eigenvalue weighted by Gasteiger charge is -2.07. The number of nitrogens with zero attached hydrogens (tertiary/aromatic N) is 3. The Bertz CT molecular complexity index is 1140. The maximum atomic E-state index is 11.6. The third kappa shape index (κ3) is 3.08. The summed E-state index contributed by atoms with van der Waals surface area (Å²) in [6.07, 6.45) is 1.30. The van der Waals surface area contributed by atoms with Crippen LogP contribution in [0.25, 0.3) is 10.9 Å². The van der Waals surface area contributed by atoms with Gasteiger partial charge in [0.05, 0.1) is 0 Å². The smallest absolute Gasteiger partial charge is 0.295 e. The summed E-state index contributed by atoms with van der Waals surface area (Å²) in [6, 6.07) is 5.43. The number of hydrogen-bond donors (Lipinski definition) is 5. The summed E-state index contributed by atoms with van der Waals surface area (Å²) in [4.78, 5) is 3.31. The van der Waals surface area contributed by atoms with Crippen LogP contribution < -0.4 is 0 Å². The lowest BCUT2D eigenvalue weighted by molar-refractivity contribution is 0.429. The maximum absolute atomic E-state index is 11.6. The van der Waals surface area contributed by atoms with E-state index < -0.39 is 43.7 Å². The van der Waals surface area contributed by atoms with Crippen molar-refractivity contribution in [2.24, 2.45) is 10.2 Å². The molecular formula is C15H11N3O7S. The summed E-state index contributed by atoms with van der Waals surface area (Å²) in [5.74, 6) is -2.13. The number of aromatic hydroxyl groups is 4. The van der Waals surface area contributed by atoms with Crippen LogP contribution in [0.5, 0.6) is 23.0 Å². The van der Waals surface area contributed by atoms with E-state index >= 15 is 0 Å². The van der Waals surface area contributed by atoms with E-state index in [9.17, 15) is 33.4 Å². The van der Waals surface area contributed by atoms with Gasteiger partial charge in [0.1, 0.15) is 21.8 Å². The average molecular weight is 377 g/mol. The van der Waals surface area contributed by atoms with Gasteiger partial charge in [0.25, 0.3) is 10.1 Å². The molecule has 0 atom stereocenters. The van der Waals surface area contributed by atoms with Gasteiger partial charge in [-0.2, -0.15) is 8.42 Å². The molecule has 11 heteroatoms. The predicted molar refractivity (Wildman–Crippen MR) is 88.8 cm³/mol. The van der Waals surface area contributed by atoms with Gasteiger partial charge >= 0.3 is 0 Å². The van der Waals surface area contributed by atoms with Crippen LogP contribution in [0.4, 0.5) is 11.4 Å². The Hall–Kier alpha value is -3.44. The monoisotopic (exact) mass is 377 g/mol. The first-order valence-corrected chi connectivity index (χ1v) is 8.37. The number of aromatic nitrogens is 1. The first-order valence-electron chi connectivity index (χ1n) is 6.93. The summed E-state index contributed by atoms with van der Waals surface area (Å²) < 4.78 is 32.6. The first kappa shape index (κ1) is 17.4. The van der Waals surface area contributed by atoms with Gasteiger partial charge in [0.2, 0.25) is 0 Å². The van der Waals surface area contributed by atoms with Crippen molar-refractivity contribution in [1.82, 2.24) is 4.98 Å². The van der Waals surface area contributed by atoms with Crippen LogP contribution >= 0.6 is 0 Å². The van der Waals surface area contributed by atoms with E-state index in [1.807, 2.05) is 0 Å². The van der Waals surface area contributed by atoms with Crippen molar-refractivity contribution in [3.8, 4) is 23.0 Å². The Morgan fingerprint density at radius 3 is 2.23 bits per heavy atom. The van der Waals surface area contributed by atoms with E-state index in [4.69, 9.17) is 0 Å². The van der Waals surface area contributed by atoms with Crippen molar-refractivity contribution >= 4 is 32.4 Å². The number of azo groups is 1. The molecule has 1 heterocycles. The van der Waals surface area contributed by atoms with Crippen LogP contribution in [0.15, 0.2) is 51.7 Å². The minimum absolute atomic E-state index is 0.0261. The number of fused-ring (bicyclic) bond motifs is 1. The summed E-state index contributed by atoms with van der Waals surface area (Å²) >= 11 is 0. The summed E-state index contributed by atoms with van der Waals surface area (Å²) in [6.45, 7) is 0. The van der Waals surface area contributed by atoms with Gasteiger partial charge in [0, 0.05) is 23.7 Å². The van der Waals surface area contributed by atoms with Gasteiger partial charge in [-0.25, -0.2) is 0 Å². The molecule has 0 bridgehead atoms. The van der Waals surface area contributed by atoms with Crippen molar-refractivity contribution in [3.05, 3.63) is 36.5 Å². The third-order valence-corrected chi connectivity index (χ3v) is 4.29. The van der Waals surface area contributed by atoms with E-state index in [1.54, 1.807) is 0 Å². The third-order valence-electron chi connectivity index (χ3n) is 3.40. The fourth-order valence-electron chi connectivity index (χ4n) is 2.27. The van der Waals surface area contributed by atoms with Gasteiger partial charge < -0.3 is 20.4 Å². The number of pyridine rings is 1. The van der Waals surface area contributed by atoms with Crippen molar-refractivity contribution in [2.45, 2.75) is 4.90 Å². The molecule has 134 valence electrons. The molecule has 5 N–H and O–H groups in total. The van der Waals surface area contributed by atoms with Crippen LogP contribution in [-0.4, -0.2) is 38.4 Å². The number of rotatable bonds is 3. The molecule has 1 aromatic heterocycles. The van der Waals surface area contributed by atoms with Gasteiger partial charge in [-0.1, -0.05) is 0 Å². The minimum atomic E-state index is -4.66. The molecule has 3 aromatic rings. The molecule has 0 fully saturated rings. The van der Waals surface area contributed by atoms with E-state index in [-0.39, 0.29) is 16.6 Å². The zero-order valence-corrected chi connectivity index (χ0v) is 13.6. The van der Waals surface area contributed by atoms with Crippen LogP contribution in [0.3, 0.4) is 0 Å².